The summed E-state index contributed by atoms with van der Waals surface area (Å²) in [6.07, 6.45) is -2.88. The van der Waals surface area contributed by atoms with E-state index in [-0.39, 0.29) is 10.2 Å². The monoisotopic (exact) mass is 294 g/mol. The number of alkyl halides is 2. The number of carbonyl (C=O) groups is 1. The predicted octanol–water partition coefficient (Wildman–Crippen LogP) is 3.03. The van der Waals surface area contributed by atoms with Gasteiger partial charge in [-0.05, 0) is 33.6 Å². The highest BCUT2D eigenvalue weighted by atomic mass is 79.9. The van der Waals surface area contributed by atoms with E-state index in [0.717, 1.165) is 6.07 Å². The van der Waals surface area contributed by atoms with Crippen LogP contribution in [0.4, 0.5) is 8.78 Å². The van der Waals surface area contributed by atoms with E-state index in [0.29, 0.717) is 0 Å². The topological polar surface area (TPSA) is 53.8 Å². The first kappa shape index (κ1) is 12.0. The van der Waals surface area contributed by atoms with Crippen molar-refractivity contribution >= 4 is 32.8 Å². The standard InChI is InChI=1S/C8H2BrClF2N2O/c9-4-1-3(8(11)12)6(7(10)15)14-5(4)2-13/h1,8H. The summed E-state index contributed by atoms with van der Waals surface area (Å²) in [6, 6.07) is 2.61. The SMILES string of the molecule is N#Cc1nc(C(=O)Cl)c(C(F)F)cc1Br. The molecule has 15 heavy (non-hydrogen) atoms. The maximum absolute atomic E-state index is 12.4. The van der Waals surface area contributed by atoms with Gasteiger partial charge in [0.15, 0.2) is 5.69 Å². The number of rotatable bonds is 2. The van der Waals surface area contributed by atoms with E-state index in [4.69, 9.17) is 16.9 Å². The lowest BCUT2D eigenvalue weighted by molar-refractivity contribution is 0.106. The molecule has 0 aliphatic carbocycles. The number of carbonyl (C=O) groups excluding carboxylic acids is 1. The van der Waals surface area contributed by atoms with Gasteiger partial charge in [0.05, 0.1) is 4.47 Å². The smallest absolute Gasteiger partial charge is 0.271 e. The van der Waals surface area contributed by atoms with Crippen LogP contribution in [0.2, 0.25) is 0 Å². The zero-order valence-corrected chi connectivity index (χ0v) is 9.31. The zero-order chi connectivity index (χ0) is 11.6. The average Bonchev–Trinajstić information content (AvgIpc) is 2.16. The Morgan fingerprint density at radius 2 is 2.27 bits per heavy atom. The van der Waals surface area contributed by atoms with E-state index in [2.05, 4.69) is 20.9 Å². The van der Waals surface area contributed by atoms with E-state index in [1.54, 1.807) is 6.07 Å². The van der Waals surface area contributed by atoms with Gasteiger partial charge in [0.1, 0.15) is 11.8 Å². The molecule has 1 aromatic heterocycles. The Labute approximate surface area is 96.8 Å². The van der Waals surface area contributed by atoms with Crippen molar-refractivity contribution in [2.75, 3.05) is 0 Å². The molecule has 0 N–H and O–H groups in total. The van der Waals surface area contributed by atoms with Gasteiger partial charge in [-0.2, -0.15) is 5.26 Å². The first-order valence-electron chi connectivity index (χ1n) is 3.56. The molecule has 0 saturated heterocycles. The number of hydrogen-bond acceptors (Lipinski definition) is 3. The largest absolute Gasteiger partial charge is 0.274 e. The van der Waals surface area contributed by atoms with E-state index >= 15 is 0 Å². The summed E-state index contributed by atoms with van der Waals surface area (Å²) in [4.78, 5) is 14.2. The van der Waals surface area contributed by atoms with Crippen molar-refractivity contribution in [1.29, 1.82) is 5.26 Å². The highest BCUT2D eigenvalue weighted by molar-refractivity contribution is 9.10. The highest BCUT2D eigenvalue weighted by Gasteiger charge is 2.21. The minimum Gasteiger partial charge on any atom is -0.274 e. The molecule has 0 aromatic carbocycles. The van der Waals surface area contributed by atoms with Crippen LogP contribution in [0.1, 0.15) is 28.2 Å². The lowest BCUT2D eigenvalue weighted by Gasteiger charge is -2.05. The van der Waals surface area contributed by atoms with Crippen LogP contribution in [0.25, 0.3) is 0 Å². The fraction of sp³-hybridized carbons (Fsp3) is 0.125. The second-order valence-electron chi connectivity index (χ2n) is 2.44. The Kier molecular flexibility index (Phi) is 3.72. The molecule has 0 amide bonds. The van der Waals surface area contributed by atoms with Crippen molar-refractivity contribution in [3.05, 3.63) is 27.5 Å². The Bertz CT molecular complexity index is 459. The third-order valence-corrected chi connectivity index (χ3v) is 2.32. The molecule has 1 rings (SSSR count). The van der Waals surface area contributed by atoms with Crippen LogP contribution in [-0.4, -0.2) is 10.2 Å². The zero-order valence-electron chi connectivity index (χ0n) is 6.97. The average molecular weight is 295 g/mol. The molecule has 0 fully saturated rings. The van der Waals surface area contributed by atoms with E-state index in [9.17, 15) is 13.6 Å². The van der Waals surface area contributed by atoms with Gasteiger partial charge < -0.3 is 0 Å². The van der Waals surface area contributed by atoms with Crippen molar-refractivity contribution in [2.24, 2.45) is 0 Å². The van der Waals surface area contributed by atoms with E-state index in [1.807, 2.05) is 0 Å². The molecule has 1 heterocycles. The molecule has 0 spiro atoms. The molecule has 0 atom stereocenters. The molecule has 0 aliphatic heterocycles. The van der Waals surface area contributed by atoms with Gasteiger partial charge in [-0.3, -0.25) is 4.79 Å². The molecule has 0 radical (unpaired) electrons. The summed E-state index contributed by atoms with van der Waals surface area (Å²) in [6.45, 7) is 0. The lowest BCUT2D eigenvalue weighted by atomic mass is 10.2. The molecular formula is C8H2BrClF2N2O. The highest BCUT2D eigenvalue weighted by Crippen LogP contribution is 2.27. The number of halogens is 4. The van der Waals surface area contributed by atoms with Gasteiger partial charge >= 0.3 is 0 Å². The van der Waals surface area contributed by atoms with Crippen LogP contribution in [-0.2, 0) is 0 Å². The van der Waals surface area contributed by atoms with Gasteiger partial charge in [0.25, 0.3) is 11.7 Å². The lowest BCUT2D eigenvalue weighted by Crippen LogP contribution is -2.04. The van der Waals surface area contributed by atoms with E-state index < -0.39 is 22.9 Å². The molecule has 0 unspecified atom stereocenters. The molecule has 0 aliphatic rings. The number of nitriles is 1. The van der Waals surface area contributed by atoms with Crippen molar-refractivity contribution in [2.45, 2.75) is 6.43 Å². The van der Waals surface area contributed by atoms with Gasteiger partial charge in [-0.1, -0.05) is 0 Å². The third-order valence-electron chi connectivity index (χ3n) is 1.53. The van der Waals surface area contributed by atoms with Crippen LogP contribution >= 0.6 is 27.5 Å². The number of aromatic nitrogens is 1. The summed E-state index contributed by atoms with van der Waals surface area (Å²) in [5.74, 6) is 0. The Morgan fingerprint density at radius 1 is 1.67 bits per heavy atom. The fourth-order valence-electron chi connectivity index (χ4n) is 0.905. The molecule has 3 nitrogen and oxygen atoms in total. The van der Waals surface area contributed by atoms with Crippen LogP contribution in [0.3, 0.4) is 0 Å². The van der Waals surface area contributed by atoms with Crippen molar-refractivity contribution in [3.63, 3.8) is 0 Å². The number of nitrogens with zero attached hydrogens (tertiary/aromatic N) is 2. The number of pyridine rings is 1. The summed E-state index contributed by atoms with van der Waals surface area (Å²) >= 11 is 7.96. The molecule has 7 heteroatoms. The molecule has 0 bridgehead atoms. The molecular weight excluding hydrogens is 293 g/mol. The van der Waals surface area contributed by atoms with Crippen LogP contribution in [0.15, 0.2) is 10.5 Å². The van der Waals surface area contributed by atoms with Gasteiger partial charge in [-0.15, -0.1) is 0 Å². The van der Waals surface area contributed by atoms with Crippen LogP contribution in [0.5, 0.6) is 0 Å². The van der Waals surface area contributed by atoms with Crippen molar-refractivity contribution in [3.8, 4) is 6.07 Å². The summed E-state index contributed by atoms with van der Waals surface area (Å²) in [5.41, 5.74) is -1.35. The minimum atomic E-state index is -2.88. The quantitative estimate of drug-likeness (QED) is 0.788. The van der Waals surface area contributed by atoms with E-state index in [1.165, 1.54) is 0 Å². The maximum atomic E-state index is 12.4. The fourth-order valence-corrected chi connectivity index (χ4v) is 1.48. The Morgan fingerprint density at radius 3 is 2.67 bits per heavy atom. The second-order valence-corrected chi connectivity index (χ2v) is 3.64. The maximum Gasteiger partial charge on any atom is 0.271 e. The molecule has 0 saturated carbocycles. The van der Waals surface area contributed by atoms with Crippen molar-refractivity contribution < 1.29 is 13.6 Å². The Balaban J connectivity index is 3.47. The van der Waals surface area contributed by atoms with Crippen LogP contribution < -0.4 is 0 Å². The first-order chi connectivity index (χ1) is 6.97. The molecule has 1 aromatic rings. The summed E-state index contributed by atoms with van der Waals surface area (Å²) in [7, 11) is 0. The van der Waals surface area contributed by atoms with Gasteiger partial charge in [0, 0.05) is 5.56 Å². The second kappa shape index (κ2) is 4.64. The predicted molar refractivity (Wildman–Crippen MR) is 51.8 cm³/mol. The summed E-state index contributed by atoms with van der Waals surface area (Å²) < 4.78 is 25.0. The van der Waals surface area contributed by atoms with Gasteiger partial charge in [-0.25, -0.2) is 13.8 Å². The van der Waals surface area contributed by atoms with Gasteiger partial charge in [0.2, 0.25) is 0 Å². The van der Waals surface area contributed by atoms with Crippen molar-refractivity contribution in [1.82, 2.24) is 4.98 Å². The number of hydrogen-bond donors (Lipinski definition) is 0. The summed E-state index contributed by atoms with van der Waals surface area (Å²) in [5, 5.41) is 7.45. The first-order valence-corrected chi connectivity index (χ1v) is 4.73. The third kappa shape index (κ3) is 2.49. The molecule has 78 valence electrons. The normalized spacial score (nSPS) is 10.1. The van der Waals surface area contributed by atoms with Crippen LogP contribution in [0, 0.1) is 11.3 Å². The minimum absolute atomic E-state index is 0.0990. The Hall–Kier alpha value is -1.06.